The molecular weight excluding hydrogens is 238 g/mol. The van der Waals surface area contributed by atoms with Gasteiger partial charge in [0.1, 0.15) is 0 Å². The zero-order chi connectivity index (χ0) is 13.7. The van der Waals surface area contributed by atoms with Crippen molar-refractivity contribution in [2.75, 3.05) is 18.4 Å². The molecule has 1 aromatic rings. The molecular formula is C15H25N3O. The predicted molar refractivity (Wildman–Crippen MR) is 78.4 cm³/mol. The van der Waals surface area contributed by atoms with Gasteiger partial charge >= 0.3 is 0 Å². The fourth-order valence-corrected chi connectivity index (χ4v) is 2.79. The van der Waals surface area contributed by atoms with E-state index in [0.29, 0.717) is 11.8 Å². The summed E-state index contributed by atoms with van der Waals surface area (Å²) in [6, 6.07) is 3.87. The van der Waals surface area contributed by atoms with Gasteiger partial charge < -0.3 is 15.8 Å². The summed E-state index contributed by atoms with van der Waals surface area (Å²) in [7, 11) is 0. The number of aromatic nitrogens is 1. The highest BCUT2D eigenvalue weighted by molar-refractivity contribution is 5.49. The summed E-state index contributed by atoms with van der Waals surface area (Å²) in [6.07, 6.45) is 5.78. The van der Waals surface area contributed by atoms with Crippen LogP contribution < -0.4 is 15.8 Å². The Morgan fingerprint density at radius 2 is 2.21 bits per heavy atom. The van der Waals surface area contributed by atoms with Crippen molar-refractivity contribution in [3.05, 3.63) is 18.3 Å². The lowest BCUT2D eigenvalue weighted by atomic mass is 9.96. The van der Waals surface area contributed by atoms with E-state index in [2.05, 4.69) is 10.3 Å². The lowest BCUT2D eigenvalue weighted by molar-refractivity contribution is 0.242. The first-order valence-electron chi connectivity index (χ1n) is 7.26. The van der Waals surface area contributed by atoms with Crippen LogP contribution in [0.15, 0.2) is 18.3 Å². The standard InChI is InChI=1S/C15H25N3O/c1-11(2)19-14-7-4-8-17-15(14)18-10-13-6-3-5-12(13)9-16/h4,7-8,11-13H,3,5-6,9-10,16H2,1-2H3,(H,17,18). The van der Waals surface area contributed by atoms with Gasteiger partial charge in [-0.25, -0.2) is 4.98 Å². The normalized spacial score (nSPS) is 22.7. The molecule has 4 heteroatoms. The molecule has 0 radical (unpaired) electrons. The van der Waals surface area contributed by atoms with E-state index in [1.807, 2.05) is 26.0 Å². The van der Waals surface area contributed by atoms with Crippen LogP contribution >= 0.6 is 0 Å². The van der Waals surface area contributed by atoms with Gasteiger partial charge in [-0.3, -0.25) is 0 Å². The number of rotatable bonds is 6. The highest BCUT2D eigenvalue weighted by Gasteiger charge is 2.26. The second-order valence-electron chi connectivity index (χ2n) is 5.58. The Morgan fingerprint density at radius 1 is 1.42 bits per heavy atom. The molecule has 2 unspecified atom stereocenters. The molecule has 1 heterocycles. The van der Waals surface area contributed by atoms with E-state index >= 15 is 0 Å². The van der Waals surface area contributed by atoms with Gasteiger partial charge in [-0.2, -0.15) is 0 Å². The molecule has 4 nitrogen and oxygen atoms in total. The van der Waals surface area contributed by atoms with Gasteiger partial charge in [-0.1, -0.05) is 6.42 Å². The monoisotopic (exact) mass is 263 g/mol. The van der Waals surface area contributed by atoms with Gasteiger partial charge in [0.05, 0.1) is 6.10 Å². The molecule has 0 spiro atoms. The summed E-state index contributed by atoms with van der Waals surface area (Å²) in [6.45, 7) is 5.79. The lowest BCUT2D eigenvalue weighted by Crippen LogP contribution is -2.24. The van der Waals surface area contributed by atoms with Crippen molar-refractivity contribution in [3.63, 3.8) is 0 Å². The number of anilines is 1. The van der Waals surface area contributed by atoms with Gasteiger partial charge in [-0.05, 0) is 57.2 Å². The number of nitrogens with two attached hydrogens (primary N) is 1. The Labute approximate surface area is 115 Å². The molecule has 0 amide bonds. The quantitative estimate of drug-likeness (QED) is 0.828. The molecule has 0 saturated heterocycles. The van der Waals surface area contributed by atoms with Crippen molar-refractivity contribution in [2.45, 2.75) is 39.2 Å². The van der Waals surface area contributed by atoms with E-state index in [0.717, 1.165) is 24.7 Å². The molecule has 1 saturated carbocycles. The first-order chi connectivity index (χ1) is 9.20. The van der Waals surface area contributed by atoms with Crippen LogP contribution in [0.4, 0.5) is 5.82 Å². The fraction of sp³-hybridized carbons (Fsp3) is 0.667. The predicted octanol–water partition coefficient (Wildman–Crippen LogP) is 2.66. The first-order valence-corrected chi connectivity index (χ1v) is 7.26. The van der Waals surface area contributed by atoms with E-state index in [9.17, 15) is 0 Å². The molecule has 19 heavy (non-hydrogen) atoms. The molecule has 0 aromatic carbocycles. The summed E-state index contributed by atoms with van der Waals surface area (Å²) in [5.41, 5.74) is 5.82. The van der Waals surface area contributed by atoms with Crippen LogP contribution in [0.5, 0.6) is 5.75 Å². The minimum absolute atomic E-state index is 0.160. The third-order valence-electron chi connectivity index (χ3n) is 3.78. The van der Waals surface area contributed by atoms with Crippen LogP contribution in [-0.2, 0) is 0 Å². The van der Waals surface area contributed by atoms with Crippen molar-refractivity contribution in [1.29, 1.82) is 0 Å². The maximum Gasteiger partial charge on any atom is 0.168 e. The van der Waals surface area contributed by atoms with E-state index in [1.165, 1.54) is 19.3 Å². The van der Waals surface area contributed by atoms with Crippen molar-refractivity contribution < 1.29 is 4.74 Å². The number of nitrogens with one attached hydrogen (secondary N) is 1. The van der Waals surface area contributed by atoms with Gasteiger partial charge in [0.25, 0.3) is 0 Å². The van der Waals surface area contributed by atoms with Crippen molar-refractivity contribution in [2.24, 2.45) is 17.6 Å². The maximum atomic E-state index is 5.82. The summed E-state index contributed by atoms with van der Waals surface area (Å²) in [5.74, 6) is 3.00. The molecule has 0 aliphatic heterocycles. The minimum Gasteiger partial charge on any atom is -0.487 e. The highest BCUT2D eigenvalue weighted by atomic mass is 16.5. The van der Waals surface area contributed by atoms with E-state index < -0.39 is 0 Å². The van der Waals surface area contributed by atoms with Crippen LogP contribution in [0.3, 0.4) is 0 Å². The van der Waals surface area contributed by atoms with E-state index in [-0.39, 0.29) is 6.10 Å². The second kappa shape index (κ2) is 6.75. The van der Waals surface area contributed by atoms with Gasteiger partial charge in [0.15, 0.2) is 11.6 Å². The Hall–Kier alpha value is -1.29. The first kappa shape index (κ1) is 14.1. The van der Waals surface area contributed by atoms with Gasteiger partial charge in [-0.15, -0.1) is 0 Å². The minimum atomic E-state index is 0.160. The summed E-state index contributed by atoms with van der Waals surface area (Å²) in [5, 5.41) is 3.43. The molecule has 0 bridgehead atoms. The zero-order valence-corrected chi connectivity index (χ0v) is 11.9. The fourth-order valence-electron chi connectivity index (χ4n) is 2.79. The van der Waals surface area contributed by atoms with E-state index in [1.54, 1.807) is 6.20 Å². The van der Waals surface area contributed by atoms with Crippen LogP contribution in [-0.4, -0.2) is 24.2 Å². The molecule has 2 atom stereocenters. The number of pyridine rings is 1. The number of nitrogens with zero attached hydrogens (tertiary/aromatic N) is 1. The Balaban J connectivity index is 1.95. The maximum absolute atomic E-state index is 5.82. The van der Waals surface area contributed by atoms with Gasteiger partial charge in [0.2, 0.25) is 0 Å². The average molecular weight is 263 g/mol. The van der Waals surface area contributed by atoms with E-state index in [4.69, 9.17) is 10.5 Å². The smallest absolute Gasteiger partial charge is 0.168 e. The van der Waals surface area contributed by atoms with Crippen molar-refractivity contribution >= 4 is 5.82 Å². The topological polar surface area (TPSA) is 60.2 Å². The van der Waals surface area contributed by atoms with Crippen LogP contribution in [0.25, 0.3) is 0 Å². The third-order valence-corrected chi connectivity index (χ3v) is 3.78. The molecule has 2 rings (SSSR count). The van der Waals surface area contributed by atoms with Crippen LogP contribution in [0.2, 0.25) is 0 Å². The number of ether oxygens (including phenoxy) is 1. The SMILES string of the molecule is CC(C)Oc1cccnc1NCC1CCCC1CN. The molecule has 1 aromatic heterocycles. The van der Waals surface area contributed by atoms with Crippen LogP contribution in [0, 0.1) is 11.8 Å². The Morgan fingerprint density at radius 3 is 2.95 bits per heavy atom. The van der Waals surface area contributed by atoms with Crippen LogP contribution in [0.1, 0.15) is 33.1 Å². The largest absolute Gasteiger partial charge is 0.487 e. The van der Waals surface area contributed by atoms with Gasteiger partial charge in [0, 0.05) is 12.7 Å². The lowest BCUT2D eigenvalue weighted by Gasteiger charge is -2.20. The molecule has 1 aliphatic carbocycles. The summed E-state index contributed by atoms with van der Waals surface area (Å²) >= 11 is 0. The zero-order valence-electron chi connectivity index (χ0n) is 11.9. The number of hydrogen-bond donors (Lipinski definition) is 2. The van der Waals surface area contributed by atoms with Crippen molar-refractivity contribution in [3.8, 4) is 5.75 Å². The Bertz CT molecular complexity index is 395. The summed E-state index contributed by atoms with van der Waals surface area (Å²) < 4.78 is 5.76. The second-order valence-corrected chi connectivity index (χ2v) is 5.58. The molecule has 1 aliphatic rings. The summed E-state index contributed by atoms with van der Waals surface area (Å²) in [4.78, 5) is 4.38. The Kier molecular flexibility index (Phi) is 5.02. The highest BCUT2D eigenvalue weighted by Crippen LogP contribution is 2.31. The number of hydrogen-bond acceptors (Lipinski definition) is 4. The molecule has 106 valence electrons. The molecule has 1 fully saturated rings. The third kappa shape index (κ3) is 3.83. The van der Waals surface area contributed by atoms with Crippen molar-refractivity contribution in [1.82, 2.24) is 4.98 Å². The molecule has 3 N–H and O–H groups in total. The average Bonchev–Trinajstić information content (AvgIpc) is 2.84.